The summed E-state index contributed by atoms with van der Waals surface area (Å²) in [7, 11) is 0. The lowest BCUT2D eigenvalue weighted by molar-refractivity contribution is 0.305. The summed E-state index contributed by atoms with van der Waals surface area (Å²) in [6, 6.07) is 4.23. The van der Waals surface area contributed by atoms with Gasteiger partial charge in [-0.1, -0.05) is 0 Å². The fraction of sp³-hybridized carbons (Fsp3) is 0.583. The third kappa shape index (κ3) is 1.90. The first-order chi connectivity index (χ1) is 7.42. The molecule has 3 rings (SSSR count). The summed E-state index contributed by atoms with van der Waals surface area (Å²) in [6.45, 7) is 6.06. The minimum atomic E-state index is 0.895. The van der Waals surface area contributed by atoms with Crippen LogP contribution < -0.4 is 5.32 Å². The van der Waals surface area contributed by atoms with Crippen LogP contribution in [0.2, 0.25) is 0 Å². The van der Waals surface area contributed by atoms with Crippen LogP contribution in [0.3, 0.4) is 0 Å². The molecule has 2 atom stereocenters. The highest BCUT2D eigenvalue weighted by molar-refractivity contribution is 5.10. The molecule has 15 heavy (non-hydrogen) atoms. The summed E-state index contributed by atoms with van der Waals surface area (Å²) in [5.41, 5.74) is 1.39. The van der Waals surface area contributed by atoms with Gasteiger partial charge in [-0.05, 0) is 42.6 Å². The zero-order valence-electron chi connectivity index (χ0n) is 8.89. The van der Waals surface area contributed by atoms with E-state index >= 15 is 0 Å². The maximum atomic E-state index is 4.05. The molecule has 0 aromatic carbocycles. The first kappa shape index (κ1) is 9.31. The summed E-state index contributed by atoms with van der Waals surface area (Å²) >= 11 is 0. The van der Waals surface area contributed by atoms with Gasteiger partial charge in [-0.25, -0.2) is 0 Å². The SMILES string of the molecule is c1cc(CN2C[C@H]3CNC[C@H]3C2)ccn1. The third-order valence-electron chi connectivity index (χ3n) is 3.62. The van der Waals surface area contributed by atoms with E-state index in [1.807, 2.05) is 12.4 Å². The van der Waals surface area contributed by atoms with Crippen molar-refractivity contribution in [1.82, 2.24) is 15.2 Å². The van der Waals surface area contributed by atoms with Gasteiger partial charge >= 0.3 is 0 Å². The Morgan fingerprint density at radius 3 is 2.53 bits per heavy atom. The molecule has 2 aliphatic heterocycles. The van der Waals surface area contributed by atoms with Crippen molar-refractivity contribution >= 4 is 0 Å². The Labute approximate surface area is 90.5 Å². The van der Waals surface area contributed by atoms with E-state index in [2.05, 4.69) is 27.3 Å². The molecule has 3 nitrogen and oxygen atoms in total. The maximum absolute atomic E-state index is 4.05. The van der Waals surface area contributed by atoms with Crippen LogP contribution in [0.4, 0.5) is 0 Å². The molecule has 2 fully saturated rings. The number of hydrogen-bond acceptors (Lipinski definition) is 3. The fourth-order valence-corrected chi connectivity index (χ4v) is 2.83. The summed E-state index contributed by atoms with van der Waals surface area (Å²) in [5, 5.41) is 3.47. The Morgan fingerprint density at radius 2 is 1.87 bits per heavy atom. The molecule has 0 bridgehead atoms. The molecule has 0 aliphatic carbocycles. The van der Waals surface area contributed by atoms with Crippen LogP contribution in [0.15, 0.2) is 24.5 Å². The molecule has 0 saturated carbocycles. The average molecular weight is 203 g/mol. The Balaban J connectivity index is 1.62. The molecule has 1 aromatic rings. The molecule has 0 spiro atoms. The lowest BCUT2D eigenvalue weighted by Gasteiger charge is -2.16. The van der Waals surface area contributed by atoms with E-state index in [4.69, 9.17) is 0 Å². The highest BCUT2D eigenvalue weighted by atomic mass is 15.2. The van der Waals surface area contributed by atoms with Gasteiger partial charge < -0.3 is 5.32 Å². The van der Waals surface area contributed by atoms with Gasteiger partial charge in [0.25, 0.3) is 0 Å². The van der Waals surface area contributed by atoms with Crippen LogP contribution in [0.25, 0.3) is 0 Å². The van der Waals surface area contributed by atoms with Crippen molar-refractivity contribution in [3.8, 4) is 0 Å². The van der Waals surface area contributed by atoms with Crippen molar-refractivity contribution in [2.24, 2.45) is 11.8 Å². The van der Waals surface area contributed by atoms with Crippen LogP contribution in [-0.4, -0.2) is 36.1 Å². The fourth-order valence-electron chi connectivity index (χ4n) is 2.83. The van der Waals surface area contributed by atoms with Crippen molar-refractivity contribution in [3.05, 3.63) is 30.1 Å². The zero-order chi connectivity index (χ0) is 10.1. The van der Waals surface area contributed by atoms with Gasteiger partial charge in [0.2, 0.25) is 0 Å². The largest absolute Gasteiger partial charge is 0.316 e. The average Bonchev–Trinajstić information content (AvgIpc) is 2.79. The molecule has 3 heterocycles. The Hall–Kier alpha value is -0.930. The molecular formula is C12H17N3. The molecule has 2 aliphatic rings. The lowest BCUT2D eigenvalue weighted by atomic mass is 10.0. The highest BCUT2D eigenvalue weighted by Gasteiger charge is 2.35. The topological polar surface area (TPSA) is 28.2 Å². The Bertz CT molecular complexity index is 313. The molecule has 1 N–H and O–H groups in total. The maximum Gasteiger partial charge on any atom is 0.0271 e. The van der Waals surface area contributed by atoms with Crippen LogP contribution in [0.5, 0.6) is 0 Å². The number of hydrogen-bond donors (Lipinski definition) is 1. The highest BCUT2D eigenvalue weighted by Crippen LogP contribution is 2.27. The van der Waals surface area contributed by atoms with Crippen LogP contribution >= 0.6 is 0 Å². The molecular weight excluding hydrogens is 186 g/mol. The number of fused-ring (bicyclic) bond motifs is 1. The van der Waals surface area contributed by atoms with Gasteiger partial charge in [0.1, 0.15) is 0 Å². The van der Waals surface area contributed by atoms with Gasteiger partial charge in [0.05, 0.1) is 0 Å². The minimum absolute atomic E-state index is 0.895. The van der Waals surface area contributed by atoms with E-state index < -0.39 is 0 Å². The van der Waals surface area contributed by atoms with Crippen molar-refractivity contribution in [2.45, 2.75) is 6.54 Å². The smallest absolute Gasteiger partial charge is 0.0271 e. The number of nitrogens with one attached hydrogen (secondary N) is 1. The quantitative estimate of drug-likeness (QED) is 0.768. The second-order valence-corrected chi connectivity index (χ2v) is 4.73. The van der Waals surface area contributed by atoms with Gasteiger partial charge in [-0.3, -0.25) is 9.88 Å². The van der Waals surface area contributed by atoms with E-state index in [9.17, 15) is 0 Å². The summed E-state index contributed by atoms with van der Waals surface area (Å²) in [5.74, 6) is 1.79. The molecule has 2 saturated heterocycles. The minimum Gasteiger partial charge on any atom is -0.316 e. The predicted molar refractivity (Wildman–Crippen MR) is 59.4 cm³/mol. The standard InChI is InChI=1S/C12H17N3/c1-3-13-4-2-10(1)7-15-8-11-5-14-6-12(11)9-15/h1-4,11-12,14H,5-9H2/t11-,12+. The van der Waals surface area contributed by atoms with Gasteiger partial charge in [-0.15, -0.1) is 0 Å². The number of likely N-dealkylation sites (tertiary alicyclic amines) is 1. The summed E-state index contributed by atoms with van der Waals surface area (Å²) < 4.78 is 0. The van der Waals surface area contributed by atoms with Gasteiger partial charge in [0.15, 0.2) is 0 Å². The van der Waals surface area contributed by atoms with E-state index in [-0.39, 0.29) is 0 Å². The molecule has 80 valence electrons. The van der Waals surface area contributed by atoms with Crippen molar-refractivity contribution in [3.63, 3.8) is 0 Å². The Kier molecular flexibility index (Phi) is 2.43. The molecule has 1 aromatic heterocycles. The molecule has 0 radical (unpaired) electrons. The molecule has 3 heteroatoms. The van der Waals surface area contributed by atoms with Crippen molar-refractivity contribution in [1.29, 1.82) is 0 Å². The normalized spacial score (nSPS) is 30.7. The zero-order valence-corrected chi connectivity index (χ0v) is 8.89. The van der Waals surface area contributed by atoms with E-state index in [1.165, 1.54) is 31.7 Å². The number of aromatic nitrogens is 1. The monoisotopic (exact) mass is 203 g/mol. The summed E-state index contributed by atoms with van der Waals surface area (Å²) in [6.07, 6.45) is 3.77. The number of nitrogens with zero attached hydrogens (tertiary/aromatic N) is 2. The summed E-state index contributed by atoms with van der Waals surface area (Å²) in [4.78, 5) is 6.62. The number of pyridine rings is 1. The lowest BCUT2D eigenvalue weighted by Crippen LogP contribution is -2.25. The van der Waals surface area contributed by atoms with Crippen LogP contribution in [0.1, 0.15) is 5.56 Å². The van der Waals surface area contributed by atoms with Crippen LogP contribution in [-0.2, 0) is 6.54 Å². The second-order valence-electron chi connectivity index (χ2n) is 4.73. The number of rotatable bonds is 2. The first-order valence-corrected chi connectivity index (χ1v) is 5.74. The Morgan fingerprint density at radius 1 is 1.20 bits per heavy atom. The van der Waals surface area contributed by atoms with Gasteiger partial charge in [0, 0.05) is 32.0 Å². The van der Waals surface area contributed by atoms with E-state index in [1.54, 1.807) is 0 Å². The van der Waals surface area contributed by atoms with Crippen molar-refractivity contribution in [2.75, 3.05) is 26.2 Å². The second kappa shape index (κ2) is 3.91. The van der Waals surface area contributed by atoms with Crippen molar-refractivity contribution < 1.29 is 0 Å². The molecule has 0 amide bonds. The van der Waals surface area contributed by atoms with Crippen LogP contribution in [0, 0.1) is 11.8 Å². The van der Waals surface area contributed by atoms with E-state index in [0.29, 0.717) is 0 Å². The van der Waals surface area contributed by atoms with Gasteiger partial charge in [-0.2, -0.15) is 0 Å². The third-order valence-corrected chi connectivity index (χ3v) is 3.62. The van der Waals surface area contributed by atoms with E-state index in [0.717, 1.165) is 18.4 Å². The first-order valence-electron chi connectivity index (χ1n) is 5.74. The predicted octanol–water partition coefficient (Wildman–Crippen LogP) is 0.733. The molecule has 0 unspecified atom stereocenters.